The molecule has 0 bridgehead atoms. The van der Waals surface area contributed by atoms with E-state index in [1.54, 1.807) is 8.83 Å². The Hall–Kier alpha value is -1.33. The Morgan fingerprint density at radius 3 is 2.50 bits per heavy atom. The maximum atomic E-state index is 4.62. The van der Waals surface area contributed by atoms with Gasteiger partial charge >= 0.3 is 128 Å². The van der Waals surface area contributed by atoms with Crippen LogP contribution in [-0.2, 0) is 27.7 Å². The third-order valence-corrected chi connectivity index (χ3v) is 10.1. The van der Waals surface area contributed by atoms with E-state index in [2.05, 4.69) is 71.0 Å². The number of fused-ring (bicyclic) bond motifs is 3. The van der Waals surface area contributed by atoms with Gasteiger partial charge in [-0.3, -0.25) is 0 Å². The topological polar surface area (TPSA) is 0 Å². The minimum absolute atomic E-state index is 0.632. The average molecular weight is 336 g/mol. The number of hydrogen-bond acceptors (Lipinski definition) is 0. The van der Waals surface area contributed by atoms with Crippen molar-refractivity contribution in [2.24, 2.45) is 0 Å². The van der Waals surface area contributed by atoms with E-state index in [4.69, 9.17) is 0 Å². The molecule has 0 fully saturated rings. The van der Waals surface area contributed by atoms with Gasteiger partial charge in [-0.2, -0.15) is 0 Å². The summed E-state index contributed by atoms with van der Waals surface area (Å²) in [7, 11) is 0. The van der Waals surface area contributed by atoms with Crippen LogP contribution in [-0.4, -0.2) is 4.21 Å². The first kappa shape index (κ1) is 12.4. The van der Waals surface area contributed by atoms with Gasteiger partial charge in [-0.25, -0.2) is 0 Å². The Balaban J connectivity index is 1.83. The molecular formula is C19H16Zr. The van der Waals surface area contributed by atoms with E-state index in [1.165, 1.54) is 16.7 Å². The zero-order chi connectivity index (χ0) is 13.5. The Bertz CT molecular complexity index is 753. The molecule has 0 unspecified atom stereocenters. The van der Waals surface area contributed by atoms with Crippen LogP contribution in [0.15, 0.2) is 66.8 Å². The summed E-state index contributed by atoms with van der Waals surface area (Å²) >= 11 is -1.84. The van der Waals surface area contributed by atoms with Crippen molar-refractivity contribution in [3.05, 3.63) is 77.9 Å². The van der Waals surface area contributed by atoms with Crippen LogP contribution in [0.4, 0.5) is 0 Å². The number of benzene rings is 2. The molecule has 0 radical (unpaired) electrons. The standard InChI is InChI=1S/C13H9.C5H5.CH2.Zr/c1-3-7-12-10(5-1)9-11-6-2-4-8-13(11)12;1-2-4-5-3-1;;/h1-5,7-8H,9H2;1-5H;1H2;. The Labute approximate surface area is 127 Å². The van der Waals surface area contributed by atoms with E-state index in [0.717, 1.165) is 6.42 Å². The van der Waals surface area contributed by atoms with Gasteiger partial charge in [-0.15, -0.1) is 0 Å². The van der Waals surface area contributed by atoms with Crippen LogP contribution in [0.5, 0.6) is 0 Å². The molecule has 0 amide bonds. The van der Waals surface area contributed by atoms with E-state index in [0.29, 0.717) is 3.63 Å². The quantitative estimate of drug-likeness (QED) is 0.667. The van der Waals surface area contributed by atoms with Crippen molar-refractivity contribution >= 4 is 7.48 Å². The molecule has 0 aromatic heterocycles. The first-order valence-electron chi connectivity index (χ1n) is 7.09. The molecule has 0 atom stereocenters. The molecule has 0 aliphatic heterocycles. The van der Waals surface area contributed by atoms with Crippen LogP contribution < -0.4 is 3.27 Å². The van der Waals surface area contributed by atoms with E-state index < -0.39 is 21.3 Å². The van der Waals surface area contributed by atoms with E-state index >= 15 is 0 Å². The molecule has 2 aromatic rings. The van der Waals surface area contributed by atoms with Crippen LogP contribution in [0, 0.1) is 0 Å². The second-order valence-electron chi connectivity index (χ2n) is 5.49. The van der Waals surface area contributed by atoms with Gasteiger partial charge in [0.2, 0.25) is 0 Å². The molecule has 0 saturated carbocycles. The van der Waals surface area contributed by atoms with Crippen LogP contribution >= 0.6 is 0 Å². The van der Waals surface area contributed by atoms with Crippen LogP contribution in [0.25, 0.3) is 11.1 Å². The van der Waals surface area contributed by atoms with Gasteiger partial charge in [0.25, 0.3) is 0 Å². The van der Waals surface area contributed by atoms with Gasteiger partial charge in [0.1, 0.15) is 0 Å². The first-order valence-corrected chi connectivity index (χ1v) is 11.5. The summed E-state index contributed by atoms with van der Waals surface area (Å²) in [5, 5.41) is 0. The maximum absolute atomic E-state index is 4.62. The van der Waals surface area contributed by atoms with Crippen LogP contribution in [0.2, 0.25) is 3.63 Å². The van der Waals surface area contributed by atoms with Crippen molar-refractivity contribution < 1.29 is 21.3 Å². The number of rotatable bonds is 2. The molecule has 2 aliphatic carbocycles. The van der Waals surface area contributed by atoms with Gasteiger partial charge in [0.15, 0.2) is 0 Å². The van der Waals surface area contributed by atoms with Gasteiger partial charge in [0, 0.05) is 0 Å². The second kappa shape index (κ2) is 4.90. The van der Waals surface area contributed by atoms with Crippen molar-refractivity contribution in [2.75, 3.05) is 0 Å². The zero-order valence-electron chi connectivity index (χ0n) is 11.3. The molecule has 0 N–H and O–H groups in total. The van der Waals surface area contributed by atoms with Gasteiger partial charge < -0.3 is 0 Å². The van der Waals surface area contributed by atoms with Crippen LogP contribution in [0.3, 0.4) is 0 Å². The second-order valence-corrected chi connectivity index (χ2v) is 11.0. The molecule has 0 spiro atoms. The molecule has 20 heavy (non-hydrogen) atoms. The summed E-state index contributed by atoms with van der Waals surface area (Å²) in [6, 6.07) is 15.7. The van der Waals surface area contributed by atoms with E-state index in [-0.39, 0.29) is 0 Å². The molecule has 2 aromatic carbocycles. The fourth-order valence-corrected chi connectivity index (χ4v) is 8.14. The Morgan fingerprint density at radius 2 is 1.65 bits per heavy atom. The fourth-order valence-electron chi connectivity index (χ4n) is 3.30. The van der Waals surface area contributed by atoms with Crippen molar-refractivity contribution in [1.29, 1.82) is 0 Å². The third-order valence-electron chi connectivity index (χ3n) is 4.35. The molecule has 4 rings (SSSR count). The minimum atomic E-state index is -1.84. The van der Waals surface area contributed by atoms with Crippen molar-refractivity contribution in [1.82, 2.24) is 0 Å². The summed E-state index contributed by atoms with van der Waals surface area (Å²) < 4.78 is 6.86. The summed E-state index contributed by atoms with van der Waals surface area (Å²) in [5.41, 5.74) is 5.92. The summed E-state index contributed by atoms with van der Waals surface area (Å²) in [6.45, 7) is 0. The zero-order valence-corrected chi connectivity index (χ0v) is 13.8. The Morgan fingerprint density at radius 1 is 0.900 bits per heavy atom. The molecule has 96 valence electrons. The van der Waals surface area contributed by atoms with Crippen molar-refractivity contribution in [3.63, 3.8) is 0 Å². The van der Waals surface area contributed by atoms with Crippen LogP contribution in [0.1, 0.15) is 11.1 Å². The van der Waals surface area contributed by atoms with Gasteiger partial charge in [-0.1, -0.05) is 0 Å². The number of allylic oxidation sites excluding steroid dienone is 4. The molecule has 0 heterocycles. The van der Waals surface area contributed by atoms with Gasteiger partial charge in [-0.05, 0) is 0 Å². The SMILES string of the molecule is [CH2]=[Zr]([c]1cccc2c1Cc1ccccc1-2)[CH]1C=CC=C1. The average Bonchev–Trinajstić information content (AvgIpc) is 3.13. The molecular weight excluding hydrogens is 319 g/mol. The Kier molecular flexibility index (Phi) is 3.04. The monoisotopic (exact) mass is 334 g/mol. The normalized spacial score (nSPS) is 15.4. The summed E-state index contributed by atoms with van der Waals surface area (Å²) in [6.07, 6.45) is 10.1. The first-order chi connectivity index (χ1) is 9.84. The van der Waals surface area contributed by atoms with Gasteiger partial charge in [0.05, 0.1) is 0 Å². The number of hydrogen-bond donors (Lipinski definition) is 0. The predicted octanol–water partition coefficient (Wildman–Crippen LogP) is 3.85. The van der Waals surface area contributed by atoms with E-state index in [9.17, 15) is 0 Å². The molecule has 2 aliphatic rings. The summed E-state index contributed by atoms with van der Waals surface area (Å²) in [5.74, 6) is 0. The predicted molar refractivity (Wildman–Crippen MR) is 83.5 cm³/mol. The van der Waals surface area contributed by atoms with Crippen molar-refractivity contribution in [3.8, 4) is 11.1 Å². The summed E-state index contributed by atoms with van der Waals surface area (Å²) in [4.78, 5) is 0. The molecule has 0 nitrogen and oxygen atoms in total. The molecule has 0 saturated heterocycles. The fraction of sp³-hybridized carbons (Fsp3) is 0.105. The van der Waals surface area contributed by atoms with E-state index in [1.807, 2.05) is 0 Å². The molecule has 1 heteroatoms. The van der Waals surface area contributed by atoms with Crippen molar-refractivity contribution in [2.45, 2.75) is 10.0 Å². The third kappa shape index (κ3) is 1.88.